The standard InChI is InChI=1S/C16H24N2O2/c17-14(11-13-7-3-1-4-8-13)15(19)18-12-16(20)9-5-2-6-10-16/h1,3-4,7-8,14,20H,2,5-6,9-12,17H2,(H,18,19)/t14-/m0/s1. The van der Waals surface area contributed by atoms with E-state index in [4.69, 9.17) is 5.73 Å². The number of nitrogens with two attached hydrogens (primary N) is 1. The number of benzene rings is 1. The molecule has 110 valence electrons. The fourth-order valence-corrected chi connectivity index (χ4v) is 2.73. The molecule has 1 fully saturated rings. The van der Waals surface area contributed by atoms with E-state index in [0.717, 1.165) is 31.2 Å². The molecular weight excluding hydrogens is 252 g/mol. The van der Waals surface area contributed by atoms with Gasteiger partial charge in [0.25, 0.3) is 0 Å². The Morgan fingerprint density at radius 3 is 2.55 bits per heavy atom. The van der Waals surface area contributed by atoms with Crippen LogP contribution >= 0.6 is 0 Å². The van der Waals surface area contributed by atoms with E-state index < -0.39 is 11.6 Å². The van der Waals surface area contributed by atoms with Gasteiger partial charge in [-0.3, -0.25) is 4.79 Å². The number of nitrogens with one attached hydrogen (secondary N) is 1. The third kappa shape index (κ3) is 4.32. The number of hydrogen-bond acceptors (Lipinski definition) is 3. The van der Waals surface area contributed by atoms with Crippen molar-refractivity contribution < 1.29 is 9.90 Å². The molecule has 1 aliphatic carbocycles. The maximum Gasteiger partial charge on any atom is 0.237 e. The Bertz CT molecular complexity index is 427. The van der Waals surface area contributed by atoms with E-state index >= 15 is 0 Å². The molecule has 0 spiro atoms. The maximum absolute atomic E-state index is 12.0. The van der Waals surface area contributed by atoms with Crippen molar-refractivity contribution >= 4 is 5.91 Å². The van der Waals surface area contributed by atoms with E-state index in [1.165, 1.54) is 6.42 Å². The van der Waals surface area contributed by atoms with Gasteiger partial charge in [0.2, 0.25) is 5.91 Å². The highest BCUT2D eigenvalue weighted by Crippen LogP contribution is 2.27. The molecule has 0 heterocycles. The van der Waals surface area contributed by atoms with E-state index in [1.54, 1.807) is 0 Å². The molecule has 4 N–H and O–H groups in total. The van der Waals surface area contributed by atoms with Gasteiger partial charge in [-0.1, -0.05) is 49.6 Å². The van der Waals surface area contributed by atoms with Gasteiger partial charge in [0.05, 0.1) is 11.6 Å². The van der Waals surface area contributed by atoms with Crippen molar-refractivity contribution in [2.24, 2.45) is 5.73 Å². The molecule has 4 heteroatoms. The molecular formula is C16H24N2O2. The molecule has 4 nitrogen and oxygen atoms in total. The third-order valence-electron chi connectivity index (χ3n) is 4.01. The summed E-state index contributed by atoms with van der Waals surface area (Å²) in [5, 5.41) is 13.1. The lowest BCUT2D eigenvalue weighted by Gasteiger charge is -2.32. The van der Waals surface area contributed by atoms with Crippen LogP contribution in [0.3, 0.4) is 0 Å². The first-order chi connectivity index (χ1) is 9.59. The van der Waals surface area contributed by atoms with E-state index in [1.807, 2.05) is 30.3 Å². The van der Waals surface area contributed by atoms with Crippen LogP contribution < -0.4 is 11.1 Å². The smallest absolute Gasteiger partial charge is 0.237 e. The molecule has 1 atom stereocenters. The van der Waals surface area contributed by atoms with Gasteiger partial charge in [0.15, 0.2) is 0 Å². The van der Waals surface area contributed by atoms with Crippen LogP contribution in [0.4, 0.5) is 0 Å². The van der Waals surface area contributed by atoms with E-state index in [0.29, 0.717) is 13.0 Å². The SMILES string of the molecule is N[C@@H](Cc1ccccc1)C(=O)NCC1(O)CCCCC1. The number of carbonyl (C=O) groups excluding carboxylic acids is 1. The molecule has 0 aromatic heterocycles. The van der Waals surface area contributed by atoms with Gasteiger partial charge in [-0.05, 0) is 24.8 Å². The topological polar surface area (TPSA) is 75.4 Å². The van der Waals surface area contributed by atoms with Crippen molar-refractivity contribution in [2.45, 2.75) is 50.2 Å². The number of hydrogen-bond donors (Lipinski definition) is 3. The van der Waals surface area contributed by atoms with Gasteiger partial charge in [0, 0.05) is 6.54 Å². The lowest BCUT2D eigenvalue weighted by Crippen LogP contribution is -2.49. The first-order valence-corrected chi connectivity index (χ1v) is 7.39. The van der Waals surface area contributed by atoms with Crippen molar-refractivity contribution in [1.29, 1.82) is 0 Å². The van der Waals surface area contributed by atoms with Crippen LogP contribution in [0.15, 0.2) is 30.3 Å². The van der Waals surface area contributed by atoms with Crippen molar-refractivity contribution in [3.63, 3.8) is 0 Å². The Kier molecular flexibility index (Phi) is 5.15. The molecule has 0 bridgehead atoms. The second-order valence-corrected chi connectivity index (χ2v) is 5.80. The molecule has 0 unspecified atom stereocenters. The molecule has 2 rings (SSSR count). The number of rotatable bonds is 5. The van der Waals surface area contributed by atoms with Crippen LogP contribution in [0.25, 0.3) is 0 Å². The second kappa shape index (κ2) is 6.86. The average Bonchev–Trinajstić information content (AvgIpc) is 2.46. The highest BCUT2D eigenvalue weighted by molar-refractivity contribution is 5.81. The summed E-state index contributed by atoms with van der Waals surface area (Å²) in [4.78, 5) is 12.0. The van der Waals surface area contributed by atoms with Crippen molar-refractivity contribution in [1.82, 2.24) is 5.32 Å². The van der Waals surface area contributed by atoms with Crippen LogP contribution in [-0.2, 0) is 11.2 Å². The van der Waals surface area contributed by atoms with Gasteiger partial charge in [-0.15, -0.1) is 0 Å². The number of aliphatic hydroxyl groups is 1. The van der Waals surface area contributed by atoms with Crippen LogP contribution in [0, 0.1) is 0 Å². The van der Waals surface area contributed by atoms with Crippen LogP contribution in [0.2, 0.25) is 0 Å². The fraction of sp³-hybridized carbons (Fsp3) is 0.562. The zero-order valence-electron chi connectivity index (χ0n) is 11.8. The minimum atomic E-state index is -0.736. The monoisotopic (exact) mass is 276 g/mol. The highest BCUT2D eigenvalue weighted by Gasteiger charge is 2.30. The quantitative estimate of drug-likeness (QED) is 0.760. The lowest BCUT2D eigenvalue weighted by molar-refractivity contribution is -0.124. The summed E-state index contributed by atoms with van der Waals surface area (Å²) in [7, 11) is 0. The Morgan fingerprint density at radius 1 is 1.25 bits per heavy atom. The van der Waals surface area contributed by atoms with E-state index in [-0.39, 0.29) is 5.91 Å². The lowest BCUT2D eigenvalue weighted by atomic mass is 9.85. The zero-order chi connectivity index (χ0) is 14.4. The average molecular weight is 276 g/mol. The van der Waals surface area contributed by atoms with Gasteiger partial charge < -0.3 is 16.2 Å². The summed E-state index contributed by atoms with van der Waals surface area (Å²) < 4.78 is 0. The molecule has 1 aliphatic rings. The van der Waals surface area contributed by atoms with E-state index in [2.05, 4.69) is 5.32 Å². The summed E-state index contributed by atoms with van der Waals surface area (Å²) >= 11 is 0. The minimum absolute atomic E-state index is 0.187. The Labute approximate surface area is 120 Å². The normalized spacial score (nSPS) is 19.3. The molecule has 1 aromatic rings. The van der Waals surface area contributed by atoms with Crippen molar-refractivity contribution in [3.05, 3.63) is 35.9 Å². The number of carbonyl (C=O) groups is 1. The number of amides is 1. The molecule has 0 saturated heterocycles. The van der Waals surface area contributed by atoms with Gasteiger partial charge >= 0.3 is 0 Å². The first-order valence-electron chi connectivity index (χ1n) is 7.39. The molecule has 1 saturated carbocycles. The molecule has 1 amide bonds. The molecule has 1 aromatic carbocycles. The molecule has 0 aliphatic heterocycles. The maximum atomic E-state index is 12.0. The highest BCUT2D eigenvalue weighted by atomic mass is 16.3. The largest absolute Gasteiger partial charge is 0.388 e. The van der Waals surface area contributed by atoms with Gasteiger partial charge in [0.1, 0.15) is 0 Å². The summed E-state index contributed by atoms with van der Waals surface area (Å²) in [6.07, 6.45) is 5.28. The van der Waals surface area contributed by atoms with Crippen LogP contribution in [-0.4, -0.2) is 29.2 Å². The van der Waals surface area contributed by atoms with Gasteiger partial charge in [-0.2, -0.15) is 0 Å². The second-order valence-electron chi connectivity index (χ2n) is 5.80. The Hall–Kier alpha value is -1.39. The molecule has 0 radical (unpaired) electrons. The first kappa shape index (κ1) is 15.0. The fourth-order valence-electron chi connectivity index (χ4n) is 2.73. The Balaban J connectivity index is 1.79. The molecule has 20 heavy (non-hydrogen) atoms. The van der Waals surface area contributed by atoms with Crippen LogP contribution in [0.1, 0.15) is 37.7 Å². The zero-order valence-corrected chi connectivity index (χ0v) is 11.8. The summed E-state index contributed by atoms with van der Waals surface area (Å²) in [6.45, 7) is 0.314. The van der Waals surface area contributed by atoms with Crippen molar-refractivity contribution in [2.75, 3.05) is 6.54 Å². The summed E-state index contributed by atoms with van der Waals surface area (Å²) in [5.74, 6) is -0.187. The van der Waals surface area contributed by atoms with Gasteiger partial charge in [-0.25, -0.2) is 0 Å². The Morgan fingerprint density at radius 2 is 1.90 bits per heavy atom. The van der Waals surface area contributed by atoms with Crippen LogP contribution in [0.5, 0.6) is 0 Å². The minimum Gasteiger partial charge on any atom is -0.388 e. The predicted molar refractivity (Wildman–Crippen MR) is 79.2 cm³/mol. The summed E-state index contributed by atoms with van der Waals surface area (Å²) in [6, 6.07) is 9.16. The predicted octanol–water partition coefficient (Wildman–Crippen LogP) is 1.37. The third-order valence-corrected chi connectivity index (χ3v) is 4.01. The van der Waals surface area contributed by atoms with E-state index in [9.17, 15) is 9.90 Å². The van der Waals surface area contributed by atoms with Crippen molar-refractivity contribution in [3.8, 4) is 0 Å². The summed E-state index contributed by atoms with van der Waals surface area (Å²) in [5.41, 5.74) is 6.23.